The molecule has 1 fully saturated rings. The van der Waals surface area contributed by atoms with Crippen LogP contribution in [0.25, 0.3) is 10.9 Å². The van der Waals surface area contributed by atoms with Crippen LogP contribution in [0.5, 0.6) is 0 Å². The van der Waals surface area contributed by atoms with Crippen LogP contribution in [0.2, 0.25) is 0 Å². The molecular weight excluding hydrogens is 261 g/mol. The van der Waals surface area contributed by atoms with Crippen LogP contribution in [0.1, 0.15) is 10.5 Å². The predicted molar refractivity (Wildman–Crippen MR) is 71.8 cm³/mol. The van der Waals surface area contributed by atoms with Crippen molar-refractivity contribution in [3.63, 3.8) is 0 Å². The molecule has 0 atom stereocenters. The lowest BCUT2D eigenvalue weighted by Crippen LogP contribution is -2.48. The molecule has 1 aromatic carbocycles. The van der Waals surface area contributed by atoms with E-state index in [1.165, 1.54) is 12.1 Å². The van der Waals surface area contributed by atoms with E-state index in [2.05, 4.69) is 4.98 Å². The summed E-state index contributed by atoms with van der Waals surface area (Å²) in [5.74, 6) is -0.442. The number of hydrogen-bond donors (Lipinski definition) is 1. The fraction of sp³-hybridized carbons (Fsp3) is 0.286. The van der Waals surface area contributed by atoms with Gasteiger partial charge in [0, 0.05) is 37.1 Å². The number of carbonyl (C=O) groups excluding carboxylic acids is 2. The molecule has 1 aromatic heterocycles. The van der Waals surface area contributed by atoms with Gasteiger partial charge in [-0.1, -0.05) is 0 Å². The van der Waals surface area contributed by atoms with Crippen LogP contribution < -0.4 is 0 Å². The van der Waals surface area contributed by atoms with Crippen LogP contribution in [0.3, 0.4) is 0 Å². The number of hydrogen-bond acceptors (Lipinski definition) is 2. The van der Waals surface area contributed by atoms with Crippen molar-refractivity contribution in [1.29, 1.82) is 0 Å². The van der Waals surface area contributed by atoms with E-state index in [9.17, 15) is 14.0 Å². The summed E-state index contributed by atoms with van der Waals surface area (Å²) >= 11 is 0. The lowest BCUT2D eigenvalue weighted by Gasteiger charge is -2.32. The third-order valence-corrected chi connectivity index (χ3v) is 3.56. The van der Waals surface area contributed by atoms with Crippen molar-refractivity contribution in [2.45, 2.75) is 0 Å². The number of fused-ring (bicyclic) bond motifs is 1. The molecule has 0 spiro atoms. The van der Waals surface area contributed by atoms with E-state index in [1.54, 1.807) is 21.9 Å². The van der Waals surface area contributed by atoms with Crippen LogP contribution in [0, 0.1) is 5.82 Å². The molecule has 1 aliphatic rings. The molecule has 2 aromatic rings. The molecule has 0 radical (unpaired) electrons. The first-order chi connectivity index (χ1) is 9.67. The zero-order valence-corrected chi connectivity index (χ0v) is 10.8. The molecule has 6 heteroatoms. The Kier molecular flexibility index (Phi) is 3.14. The fourth-order valence-corrected chi connectivity index (χ4v) is 2.42. The molecule has 0 saturated carbocycles. The second-order valence-electron chi connectivity index (χ2n) is 4.85. The van der Waals surface area contributed by atoms with Gasteiger partial charge in [0.2, 0.25) is 6.41 Å². The van der Waals surface area contributed by atoms with Gasteiger partial charge in [0.25, 0.3) is 5.91 Å². The highest BCUT2D eigenvalue weighted by atomic mass is 19.1. The van der Waals surface area contributed by atoms with Gasteiger partial charge in [-0.2, -0.15) is 0 Å². The van der Waals surface area contributed by atoms with E-state index in [4.69, 9.17) is 0 Å². The van der Waals surface area contributed by atoms with Gasteiger partial charge >= 0.3 is 0 Å². The van der Waals surface area contributed by atoms with Crippen molar-refractivity contribution in [2.24, 2.45) is 0 Å². The summed E-state index contributed by atoms with van der Waals surface area (Å²) in [4.78, 5) is 29.3. The van der Waals surface area contributed by atoms with E-state index >= 15 is 0 Å². The summed E-state index contributed by atoms with van der Waals surface area (Å²) in [5.41, 5.74) is 1.19. The first-order valence-corrected chi connectivity index (χ1v) is 6.44. The Morgan fingerprint density at radius 3 is 2.65 bits per heavy atom. The topological polar surface area (TPSA) is 56.4 Å². The Labute approximate surface area is 115 Å². The summed E-state index contributed by atoms with van der Waals surface area (Å²) in [6.45, 7) is 2.12. The SMILES string of the molecule is O=CN1CCN(C(=O)c2cc3cc(F)ccc3[nH]2)CC1. The lowest BCUT2D eigenvalue weighted by atomic mass is 10.2. The van der Waals surface area contributed by atoms with Crippen LogP contribution in [-0.2, 0) is 4.79 Å². The number of carbonyl (C=O) groups is 2. The minimum Gasteiger partial charge on any atom is -0.351 e. The Bertz CT molecular complexity index is 659. The highest BCUT2D eigenvalue weighted by molar-refractivity contribution is 5.98. The number of piperazine rings is 1. The predicted octanol–water partition coefficient (Wildman–Crippen LogP) is 1.22. The number of H-pyrrole nitrogens is 1. The molecule has 0 bridgehead atoms. The van der Waals surface area contributed by atoms with Gasteiger partial charge in [-0.3, -0.25) is 9.59 Å². The first kappa shape index (κ1) is 12.7. The average Bonchev–Trinajstić information content (AvgIpc) is 2.89. The minimum atomic E-state index is -0.324. The van der Waals surface area contributed by atoms with Crippen molar-refractivity contribution in [2.75, 3.05) is 26.2 Å². The standard InChI is InChI=1S/C14H14FN3O2/c15-11-1-2-12-10(7-11)8-13(16-12)14(20)18-5-3-17(9-19)4-6-18/h1-2,7-9,16H,3-6H2. The number of nitrogens with zero attached hydrogens (tertiary/aromatic N) is 2. The highest BCUT2D eigenvalue weighted by Gasteiger charge is 2.22. The largest absolute Gasteiger partial charge is 0.351 e. The quantitative estimate of drug-likeness (QED) is 0.838. The van der Waals surface area contributed by atoms with Crippen molar-refractivity contribution in [3.05, 3.63) is 35.8 Å². The third kappa shape index (κ3) is 2.24. The van der Waals surface area contributed by atoms with Crippen molar-refractivity contribution in [1.82, 2.24) is 14.8 Å². The number of aromatic nitrogens is 1. The smallest absolute Gasteiger partial charge is 0.270 e. The Hall–Kier alpha value is -2.37. The van der Waals surface area contributed by atoms with Gasteiger partial charge in [0.1, 0.15) is 11.5 Å². The molecule has 2 amide bonds. The second-order valence-corrected chi connectivity index (χ2v) is 4.85. The first-order valence-electron chi connectivity index (χ1n) is 6.44. The zero-order valence-electron chi connectivity index (χ0n) is 10.8. The second kappa shape index (κ2) is 4.96. The molecule has 0 aliphatic carbocycles. The number of rotatable bonds is 2. The maximum Gasteiger partial charge on any atom is 0.270 e. The molecule has 1 aliphatic heterocycles. The van der Waals surface area contributed by atoms with Gasteiger partial charge < -0.3 is 14.8 Å². The summed E-state index contributed by atoms with van der Waals surface area (Å²) in [7, 11) is 0. The Morgan fingerprint density at radius 2 is 1.95 bits per heavy atom. The van der Waals surface area contributed by atoms with Crippen LogP contribution in [0.4, 0.5) is 4.39 Å². The van der Waals surface area contributed by atoms with Crippen LogP contribution in [0.15, 0.2) is 24.3 Å². The van der Waals surface area contributed by atoms with E-state index < -0.39 is 0 Å². The molecular formula is C14H14FN3O2. The van der Waals surface area contributed by atoms with Crippen LogP contribution in [-0.4, -0.2) is 53.3 Å². The maximum absolute atomic E-state index is 13.1. The van der Waals surface area contributed by atoms with Crippen molar-refractivity contribution in [3.8, 4) is 0 Å². The average molecular weight is 275 g/mol. The summed E-state index contributed by atoms with van der Waals surface area (Å²) in [6, 6.07) is 6.03. The minimum absolute atomic E-state index is 0.118. The summed E-state index contributed by atoms with van der Waals surface area (Å²) < 4.78 is 13.1. The van der Waals surface area contributed by atoms with Gasteiger partial charge in [0.15, 0.2) is 0 Å². The van der Waals surface area contributed by atoms with E-state index in [1.807, 2.05) is 0 Å². The molecule has 1 N–H and O–H groups in total. The van der Waals surface area contributed by atoms with Crippen molar-refractivity contribution >= 4 is 23.2 Å². The number of aromatic amines is 1. The number of amides is 2. The van der Waals surface area contributed by atoms with Gasteiger partial charge in [-0.05, 0) is 24.3 Å². The highest BCUT2D eigenvalue weighted by Crippen LogP contribution is 2.18. The molecule has 3 rings (SSSR count). The Balaban J connectivity index is 1.80. The number of halogens is 1. The molecule has 2 heterocycles. The third-order valence-electron chi connectivity index (χ3n) is 3.56. The van der Waals surface area contributed by atoms with E-state index in [-0.39, 0.29) is 11.7 Å². The van der Waals surface area contributed by atoms with Crippen LogP contribution >= 0.6 is 0 Å². The fourth-order valence-electron chi connectivity index (χ4n) is 2.42. The summed E-state index contributed by atoms with van der Waals surface area (Å²) in [6.07, 6.45) is 0.799. The van der Waals surface area contributed by atoms with Gasteiger partial charge in [0.05, 0.1) is 0 Å². The number of nitrogens with one attached hydrogen (secondary N) is 1. The van der Waals surface area contributed by atoms with E-state index in [0.717, 1.165) is 11.9 Å². The monoisotopic (exact) mass is 275 g/mol. The molecule has 5 nitrogen and oxygen atoms in total. The normalized spacial score (nSPS) is 15.7. The molecule has 104 valence electrons. The van der Waals surface area contributed by atoms with E-state index in [0.29, 0.717) is 37.3 Å². The zero-order chi connectivity index (χ0) is 14.1. The number of benzene rings is 1. The molecule has 0 unspecified atom stereocenters. The lowest BCUT2D eigenvalue weighted by molar-refractivity contribution is -0.119. The van der Waals surface area contributed by atoms with Gasteiger partial charge in [-0.25, -0.2) is 4.39 Å². The molecule has 20 heavy (non-hydrogen) atoms. The summed E-state index contributed by atoms with van der Waals surface area (Å²) in [5, 5.41) is 0.680. The Morgan fingerprint density at radius 1 is 1.20 bits per heavy atom. The van der Waals surface area contributed by atoms with Gasteiger partial charge in [-0.15, -0.1) is 0 Å². The molecule has 1 saturated heterocycles. The van der Waals surface area contributed by atoms with Crippen molar-refractivity contribution < 1.29 is 14.0 Å². The maximum atomic E-state index is 13.1.